The first kappa shape index (κ1) is 13.3. The van der Waals surface area contributed by atoms with Crippen molar-refractivity contribution in [1.29, 1.82) is 0 Å². The fourth-order valence-corrected chi connectivity index (χ4v) is 2.19. The molecule has 0 saturated heterocycles. The van der Waals surface area contributed by atoms with Crippen LogP contribution in [0.5, 0.6) is 0 Å². The molecule has 1 aliphatic heterocycles. The molecule has 1 aliphatic rings. The molecule has 0 spiro atoms. The lowest BCUT2D eigenvalue weighted by Crippen LogP contribution is -2.39. The molecule has 0 aromatic heterocycles. The van der Waals surface area contributed by atoms with E-state index in [2.05, 4.69) is 28.0 Å². The highest BCUT2D eigenvalue weighted by atomic mass is 127. The first-order valence-electron chi connectivity index (χ1n) is 5.47. The van der Waals surface area contributed by atoms with Crippen molar-refractivity contribution in [3.05, 3.63) is 29.6 Å². The molecule has 7 heteroatoms. The number of amidine groups is 1. The second kappa shape index (κ2) is 5.70. The van der Waals surface area contributed by atoms with E-state index in [1.165, 1.54) is 6.07 Å². The third-order valence-corrected chi connectivity index (χ3v) is 3.53. The van der Waals surface area contributed by atoms with Gasteiger partial charge in [0, 0.05) is 6.54 Å². The van der Waals surface area contributed by atoms with Gasteiger partial charge in [0.15, 0.2) is 0 Å². The molecule has 0 radical (unpaired) electrons. The highest BCUT2D eigenvalue weighted by Gasteiger charge is 2.21. The smallest absolute Gasteiger partial charge is 0.318 e. The Bertz CT molecular complexity index is 468. The molecule has 18 heavy (non-hydrogen) atoms. The summed E-state index contributed by atoms with van der Waals surface area (Å²) in [6.45, 7) is 1.64. The van der Waals surface area contributed by atoms with Gasteiger partial charge in [0.05, 0.1) is 48.8 Å². The van der Waals surface area contributed by atoms with Gasteiger partial charge in [-0.15, -0.1) is 5.10 Å². The van der Waals surface area contributed by atoms with Gasteiger partial charge in [-0.2, -0.15) is 0 Å². The Morgan fingerprint density at radius 2 is 2.28 bits per heavy atom. The van der Waals surface area contributed by atoms with Crippen LogP contribution in [0.2, 0.25) is 0 Å². The van der Waals surface area contributed by atoms with E-state index >= 15 is 0 Å². The maximum Gasteiger partial charge on any atom is 0.318 e. The van der Waals surface area contributed by atoms with E-state index in [9.17, 15) is 4.39 Å². The number of hydrazone groups is 1. The van der Waals surface area contributed by atoms with Crippen molar-refractivity contribution >= 4 is 34.6 Å². The van der Waals surface area contributed by atoms with E-state index in [0.29, 0.717) is 31.3 Å². The third-order valence-electron chi connectivity index (χ3n) is 2.63. The Balaban J connectivity index is 2.29. The van der Waals surface area contributed by atoms with E-state index in [-0.39, 0.29) is 5.82 Å². The summed E-state index contributed by atoms with van der Waals surface area (Å²) in [5, 5.41) is 5.84. The van der Waals surface area contributed by atoms with Crippen molar-refractivity contribution in [3.8, 4) is 0 Å². The molecule has 5 nitrogen and oxygen atoms in total. The van der Waals surface area contributed by atoms with E-state index in [0.717, 1.165) is 5.56 Å². The lowest BCUT2D eigenvalue weighted by Gasteiger charge is -2.29. The Morgan fingerprint density at radius 1 is 1.50 bits per heavy atom. The van der Waals surface area contributed by atoms with Gasteiger partial charge in [0.2, 0.25) is 0 Å². The SMILES string of the molecule is COC1=NN(c2ccc(CN)cc2F)CCN1I. The normalized spacial score (nSPS) is 15.7. The summed E-state index contributed by atoms with van der Waals surface area (Å²) >= 11 is 2.11. The van der Waals surface area contributed by atoms with E-state index < -0.39 is 0 Å². The zero-order chi connectivity index (χ0) is 13.1. The van der Waals surface area contributed by atoms with Crippen molar-refractivity contribution in [2.24, 2.45) is 10.8 Å². The van der Waals surface area contributed by atoms with Gasteiger partial charge in [-0.05, 0) is 17.7 Å². The van der Waals surface area contributed by atoms with Crippen LogP contribution in [0, 0.1) is 5.82 Å². The van der Waals surface area contributed by atoms with Gasteiger partial charge in [-0.1, -0.05) is 6.07 Å². The van der Waals surface area contributed by atoms with Crippen molar-refractivity contribution < 1.29 is 9.13 Å². The highest BCUT2D eigenvalue weighted by molar-refractivity contribution is 14.1. The molecule has 0 fully saturated rings. The molecule has 2 N–H and O–H groups in total. The minimum Gasteiger partial charge on any atom is -0.467 e. The van der Waals surface area contributed by atoms with Crippen LogP contribution >= 0.6 is 22.9 Å². The molecule has 0 aliphatic carbocycles. The van der Waals surface area contributed by atoms with E-state index in [1.54, 1.807) is 24.3 Å². The summed E-state index contributed by atoms with van der Waals surface area (Å²) in [4.78, 5) is 0. The Kier molecular flexibility index (Phi) is 4.23. The van der Waals surface area contributed by atoms with E-state index in [4.69, 9.17) is 10.5 Å². The minimum absolute atomic E-state index is 0.320. The molecule has 0 atom stereocenters. The predicted octanol–water partition coefficient (Wildman–Crippen LogP) is 1.67. The van der Waals surface area contributed by atoms with Crippen LogP contribution in [0.1, 0.15) is 5.56 Å². The first-order chi connectivity index (χ1) is 8.65. The van der Waals surface area contributed by atoms with Gasteiger partial charge in [-0.3, -0.25) is 8.12 Å². The number of methoxy groups -OCH3 is 1. The summed E-state index contributed by atoms with van der Waals surface area (Å²) in [5.74, 6) is -0.320. The van der Waals surface area contributed by atoms with Crippen molar-refractivity contribution in [2.75, 3.05) is 25.2 Å². The van der Waals surface area contributed by atoms with Crippen molar-refractivity contribution in [3.63, 3.8) is 0 Å². The second-order valence-corrected chi connectivity index (χ2v) is 4.95. The van der Waals surface area contributed by atoms with Gasteiger partial charge in [0.1, 0.15) is 5.82 Å². The lowest BCUT2D eigenvalue weighted by atomic mass is 10.2. The number of nitrogens with two attached hydrogens (primary N) is 1. The zero-order valence-corrected chi connectivity index (χ0v) is 12.1. The summed E-state index contributed by atoms with van der Waals surface area (Å²) in [6, 6.07) is 5.39. The molecular weight excluding hydrogens is 350 g/mol. The van der Waals surface area contributed by atoms with Crippen LogP contribution in [-0.2, 0) is 11.3 Å². The number of nitrogens with zero attached hydrogens (tertiary/aromatic N) is 3. The second-order valence-electron chi connectivity index (χ2n) is 3.79. The number of anilines is 1. The molecule has 0 amide bonds. The van der Waals surface area contributed by atoms with Crippen LogP contribution in [-0.4, -0.2) is 29.3 Å². The molecule has 1 aromatic carbocycles. The molecular formula is C11H14FIN4O. The Labute approximate surface area is 119 Å². The summed E-state index contributed by atoms with van der Waals surface area (Å²) in [7, 11) is 1.54. The highest BCUT2D eigenvalue weighted by Crippen LogP contribution is 2.23. The fourth-order valence-electron chi connectivity index (χ4n) is 1.68. The van der Waals surface area contributed by atoms with Crippen LogP contribution in [0.3, 0.4) is 0 Å². The maximum absolute atomic E-state index is 13.9. The average molecular weight is 364 g/mol. The lowest BCUT2D eigenvalue weighted by molar-refractivity contribution is 0.343. The molecule has 1 aromatic rings. The fraction of sp³-hybridized carbons (Fsp3) is 0.364. The molecule has 0 bridgehead atoms. The quantitative estimate of drug-likeness (QED) is 0.641. The maximum atomic E-state index is 13.9. The van der Waals surface area contributed by atoms with Crippen LogP contribution in [0.25, 0.3) is 0 Å². The van der Waals surface area contributed by atoms with E-state index in [1.807, 2.05) is 3.11 Å². The monoisotopic (exact) mass is 364 g/mol. The predicted molar refractivity (Wildman–Crippen MR) is 76.8 cm³/mol. The average Bonchev–Trinajstić information content (AvgIpc) is 2.39. The Morgan fingerprint density at radius 3 is 2.89 bits per heavy atom. The number of hydrogen-bond donors (Lipinski definition) is 1. The molecule has 0 unspecified atom stereocenters. The van der Waals surface area contributed by atoms with Crippen molar-refractivity contribution in [1.82, 2.24) is 3.11 Å². The van der Waals surface area contributed by atoms with Crippen molar-refractivity contribution in [2.45, 2.75) is 6.54 Å². The van der Waals surface area contributed by atoms with Gasteiger partial charge in [-0.25, -0.2) is 4.39 Å². The zero-order valence-electron chi connectivity index (χ0n) is 9.94. The molecule has 98 valence electrons. The summed E-state index contributed by atoms with van der Waals surface area (Å²) < 4.78 is 20.9. The minimum atomic E-state index is -0.320. The van der Waals surface area contributed by atoms with Crippen LogP contribution in [0.15, 0.2) is 23.3 Å². The topological polar surface area (TPSA) is 54.1 Å². The van der Waals surface area contributed by atoms with Gasteiger partial charge >= 0.3 is 6.02 Å². The first-order valence-corrected chi connectivity index (χ1v) is 6.44. The third kappa shape index (κ3) is 2.66. The van der Waals surface area contributed by atoms with Crippen LogP contribution in [0.4, 0.5) is 10.1 Å². The molecule has 1 heterocycles. The largest absolute Gasteiger partial charge is 0.467 e. The summed E-state index contributed by atoms with van der Waals surface area (Å²) in [6.07, 6.45) is 0. The number of rotatable bonds is 2. The molecule has 2 rings (SSSR count). The number of halogens is 2. The van der Waals surface area contributed by atoms with Crippen LogP contribution < -0.4 is 10.7 Å². The number of benzene rings is 1. The number of hydrogen-bond acceptors (Lipinski definition) is 5. The Hall–Kier alpha value is -1.09. The summed E-state index contributed by atoms with van der Waals surface area (Å²) in [5.41, 5.74) is 6.67. The van der Waals surface area contributed by atoms with Gasteiger partial charge < -0.3 is 10.5 Å². The van der Waals surface area contributed by atoms with Gasteiger partial charge in [0.25, 0.3) is 0 Å². The number of ether oxygens (including phenoxy) is 1. The standard InChI is InChI=1S/C11H14FIN4O/c1-18-11-15-17(5-4-16(11)13)10-3-2-8(7-14)6-9(10)12/h2-3,6H,4-5,7,14H2,1H3. The molecule has 0 saturated carbocycles.